The molecule has 0 aliphatic rings. The number of alkyl halides is 3. The van der Waals surface area contributed by atoms with E-state index in [2.05, 4.69) is 4.52 Å². The van der Waals surface area contributed by atoms with Gasteiger partial charge in [-0.3, -0.25) is 9.59 Å². The Kier molecular flexibility index (Phi) is 5.63. The summed E-state index contributed by atoms with van der Waals surface area (Å²) in [6.07, 6.45) is -5.01. The van der Waals surface area contributed by atoms with Crippen LogP contribution in [-0.2, 0) is 14.7 Å². The SMILES string of the molecule is CC(C(=O)OP)C(C(=O)c1ccccc1)(c1ccccc1)C(F)(F)F. The number of benzene rings is 2. The van der Waals surface area contributed by atoms with E-state index in [1.165, 1.54) is 54.6 Å². The molecule has 0 aliphatic heterocycles. The minimum Gasteiger partial charge on any atom is -0.451 e. The van der Waals surface area contributed by atoms with Crippen LogP contribution < -0.4 is 0 Å². The number of hydrogen-bond acceptors (Lipinski definition) is 3. The molecular formula is C18H16F3O3P. The molecule has 0 aliphatic carbocycles. The van der Waals surface area contributed by atoms with Crippen molar-refractivity contribution in [1.29, 1.82) is 0 Å². The Morgan fingerprint density at radius 1 is 0.960 bits per heavy atom. The number of carbonyl (C=O) groups is 2. The summed E-state index contributed by atoms with van der Waals surface area (Å²) in [4.78, 5) is 25.1. The molecule has 0 N–H and O–H groups in total. The lowest BCUT2D eigenvalue weighted by Crippen LogP contribution is -2.56. The number of halogens is 3. The Balaban J connectivity index is 2.81. The zero-order chi connectivity index (χ0) is 18.7. The van der Waals surface area contributed by atoms with Crippen LogP contribution >= 0.6 is 9.47 Å². The summed E-state index contributed by atoms with van der Waals surface area (Å²) in [5.74, 6) is -4.12. The van der Waals surface area contributed by atoms with E-state index in [0.29, 0.717) is 0 Å². The quantitative estimate of drug-likeness (QED) is 0.583. The average molecular weight is 368 g/mol. The Hall–Kier alpha value is -2.20. The first-order valence-electron chi connectivity index (χ1n) is 7.39. The van der Waals surface area contributed by atoms with Gasteiger partial charge in [-0.05, 0) is 5.56 Å². The van der Waals surface area contributed by atoms with E-state index in [0.717, 1.165) is 6.92 Å². The minimum atomic E-state index is -5.01. The molecule has 0 bridgehead atoms. The smallest absolute Gasteiger partial charge is 0.406 e. The third kappa shape index (κ3) is 3.31. The Morgan fingerprint density at radius 2 is 1.44 bits per heavy atom. The summed E-state index contributed by atoms with van der Waals surface area (Å²) >= 11 is 0. The van der Waals surface area contributed by atoms with Crippen molar-refractivity contribution in [3.8, 4) is 0 Å². The molecule has 0 amide bonds. The molecule has 0 radical (unpaired) electrons. The Morgan fingerprint density at radius 3 is 1.88 bits per heavy atom. The van der Waals surface area contributed by atoms with Gasteiger partial charge in [-0.25, -0.2) is 0 Å². The van der Waals surface area contributed by atoms with Crippen LogP contribution in [0.25, 0.3) is 0 Å². The highest BCUT2D eigenvalue weighted by Crippen LogP contribution is 2.49. The van der Waals surface area contributed by atoms with Gasteiger partial charge in [0.05, 0.1) is 15.4 Å². The molecule has 0 aromatic heterocycles. The van der Waals surface area contributed by atoms with Crippen LogP contribution in [0.4, 0.5) is 13.2 Å². The Bertz CT molecular complexity index is 747. The topological polar surface area (TPSA) is 43.4 Å². The molecule has 0 heterocycles. The van der Waals surface area contributed by atoms with Gasteiger partial charge in [-0.15, -0.1) is 0 Å². The number of carbonyl (C=O) groups excluding carboxylic acids is 2. The molecule has 2 aromatic rings. The molecular weight excluding hydrogens is 352 g/mol. The maximum absolute atomic E-state index is 14.3. The van der Waals surface area contributed by atoms with Crippen molar-refractivity contribution in [2.45, 2.75) is 18.5 Å². The van der Waals surface area contributed by atoms with E-state index >= 15 is 0 Å². The summed E-state index contributed by atoms with van der Waals surface area (Å²) < 4.78 is 47.4. The third-order valence-electron chi connectivity index (χ3n) is 4.19. The lowest BCUT2D eigenvalue weighted by molar-refractivity contribution is -0.194. The largest absolute Gasteiger partial charge is 0.451 e. The summed E-state index contributed by atoms with van der Waals surface area (Å²) in [5.41, 5.74) is -3.49. The van der Waals surface area contributed by atoms with Gasteiger partial charge in [0.25, 0.3) is 0 Å². The molecule has 25 heavy (non-hydrogen) atoms. The minimum absolute atomic E-state index is 0.132. The van der Waals surface area contributed by atoms with Crippen LogP contribution in [-0.4, -0.2) is 17.9 Å². The average Bonchev–Trinajstić information content (AvgIpc) is 2.61. The highest BCUT2D eigenvalue weighted by Gasteiger charge is 2.66. The fourth-order valence-electron chi connectivity index (χ4n) is 2.91. The number of ketones is 1. The molecule has 0 saturated carbocycles. The Labute approximate surface area is 145 Å². The van der Waals surface area contributed by atoms with Gasteiger partial charge in [-0.1, -0.05) is 67.6 Å². The van der Waals surface area contributed by atoms with E-state index < -0.39 is 29.3 Å². The van der Waals surface area contributed by atoms with Gasteiger partial charge in [-0.2, -0.15) is 13.2 Å². The van der Waals surface area contributed by atoms with Gasteiger partial charge in [0.2, 0.25) is 0 Å². The van der Waals surface area contributed by atoms with Crippen LogP contribution in [0.2, 0.25) is 0 Å². The summed E-state index contributed by atoms with van der Waals surface area (Å²) in [6.45, 7) is 1.05. The van der Waals surface area contributed by atoms with Crippen LogP contribution in [0.3, 0.4) is 0 Å². The number of Topliss-reactive ketones (excluding diaryl/α,β-unsaturated/α-hetero) is 1. The summed E-state index contributed by atoms with van der Waals surface area (Å²) in [7, 11) is 1.63. The zero-order valence-electron chi connectivity index (χ0n) is 13.3. The molecule has 0 spiro atoms. The van der Waals surface area contributed by atoms with Gasteiger partial charge >= 0.3 is 12.1 Å². The second-order valence-electron chi connectivity index (χ2n) is 5.53. The van der Waals surface area contributed by atoms with Crippen LogP contribution in [0.15, 0.2) is 60.7 Å². The van der Waals surface area contributed by atoms with Crippen LogP contribution in [0, 0.1) is 5.92 Å². The first-order valence-corrected chi connectivity index (χ1v) is 7.86. The second kappa shape index (κ2) is 7.36. The van der Waals surface area contributed by atoms with Crippen molar-refractivity contribution < 1.29 is 27.3 Å². The first-order chi connectivity index (χ1) is 11.8. The fraction of sp³-hybridized carbons (Fsp3) is 0.222. The number of hydrogen-bond donors (Lipinski definition) is 0. The van der Waals surface area contributed by atoms with Crippen molar-refractivity contribution in [2.75, 3.05) is 0 Å². The maximum Gasteiger partial charge on any atom is 0.406 e. The normalized spacial score (nSPS) is 15.1. The zero-order valence-corrected chi connectivity index (χ0v) is 14.4. The lowest BCUT2D eigenvalue weighted by atomic mass is 9.65. The van der Waals surface area contributed by atoms with Crippen molar-refractivity contribution >= 4 is 21.2 Å². The third-order valence-corrected chi connectivity index (χ3v) is 4.42. The predicted molar refractivity (Wildman–Crippen MR) is 89.9 cm³/mol. The predicted octanol–water partition coefficient (Wildman–Crippen LogP) is 4.34. The van der Waals surface area contributed by atoms with Gasteiger partial charge < -0.3 is 4.52 Å². The molecule has 3 unspecified atom stereocenters. The van der Waals surface area contributed by atoms with Gasteiger partial charge in [0, 0.05) is 5.56 Å². The number of rotatable bonds is 5. The van der Waals surface area contributed by atoms with E-state index in [-0.39, 0.29) is 11.1 Å². The maximum atomic E-state index is 14.3. The summed E-state index contributed by atoms with van der Waals surface area (Å²) in [5, 5.41) is 0. The standard InChI is InChI=1S/C18H16F3O3P/c1-12(16(23)24-25)17(18(19,20)21,14-10-6-3-7-11-14)15(22)13-8-4-2-5-9-13/h2-12H,25H2,1H3. The monoisotopic (exact) mass is 368 g/mol. The van der Waals surface area contributed by atoms with Gasteiger partial charge in [0.15, 0.2) is 11.2 Å². The molecule has 0 saturated heterocycles. The van der Waals surface area contributed by atoms with Crippen molar-refractivity contribution in [3.05, 3.63) is 71.8 Å². The first kappa shape index (κ1) is 19.1. The van der Waals surface area contributed by atoms with Gasteiger partial charge in [0.1, 0.15) is 0 Å². The highest BCUT2D eigenvalue weighted by atomic mass is 31.0. The highest BCUT2D eigenvalue weighted by molar-refractivity contribution is 7.10. The van der Waals surface area contributed by atoms with E-state index in [4.69, 9.17) is 0 Å². The van der Waals surface area contributed by atoms with E-state index in [1.54, 1.807) is 15.5 Å². The van der Waals surface area contributed by atoms with E-state index in [1.807, 2.05) is 0 Å². The summed E-state index contributed by atoms with van der Waals surface area (Å²) in [6, 6.07) is 13.8. The molecule has 3 nitrogen and oxygen atoms in total. The molecule has 132 valence electrons. The molecule has 2 aromatic carbocycles. The van der Waals surface area contributed by atoms with Crippen LogP contribution in [0.1, 0.15) is 22.8 Å². The molecule has 3 atom stereocenters. The second-order valence-corrected chi connectivity index (χ2v) is 5.76. The van der Waals surface area contributed by atoms with Crippen molar-refractivity contribution in [3.63, 3.8) is 0 Å². The van der Waals surface area contributed by atoms with Crippen molar-refractivity contribution in [2.24, 2.45) is 5.92 Å². The molecule has 0 fully saturated rings. The van der Waals surface area contributed by atoms with E-state index in [9.17, 15) is 22.8 Å². The van der Waals surface area contributed by atoms with Crippen molar-refractivity contribution in [1.82, 2.24) is 0 Å². The molecule has 7 heteroatoms. The lowest BCUT2D eigenvalue weighted by Gasteiger charge is -2.38. The fourth-order valence-corrected chi connectivity index (χ4v) is 3.12. The van der Waals surface area contributed by atoms with Crippen LogP contribution in [0.5, 0.6) is 0 Å². The molecule has 2 rings (SSSR count).